The molecule has 2 fully saturated rings. The highest BCUT2D eigenvalue weighted by atomic mass is 16.5. The van der Waals surface area contributed by atoms with Crippen LogP contribution in [0.1, 0.15) is 37.5 Å². The van der Waals surface area contributed by atoms with Crippen LogP contribution >= 0.6 is 0 Å². The van der Waals surface area contributed by atoms with E-state index in [2.05, 4.69) is 20.2 Å². The fourth-order valence-corrected chi connectivity index (χ4v) is 3.46. The third-order valence-corrected chi connectivity index (χ3v) is 4.58. The topological polar surface area (TPSA) is 63.4 Å². The monoisotopic (exact) mass is 314 g/mol. The van der Waals surface area contributed by atoms with E-state index >= 15 is 0 Å². The van der Waals surface area contributed by atoms with E-state index < -0.39 is 0 Å². The highest BCUT2D eigenvalue weighted by molar-refractivity contribution is 5.51. The molecular weight excluding hydrogens is 292 g/mol. The van der Waals surface area contributed by atoms with Gasteiger partial charge in [0.2, 0.25) is 0 Å². The Labute approximate surface area is 135 Å². The first-order chi connectivity index (χ1) is 11.4. The number of nitrogens with zero attached hydrogens (tertiary/aromatic N) is 3. The van der Waals surface area contributed by atoms with Crippen LogP contribution in [0.2, 0.25) is 0 Å². The predicted octanol–water partition coefficient (Wildman–Crippen LogP) is 3.00. The van der Waals surface area contributed by atoms with Gasteiger partial charge in [0.25, 0.3) is 0 Å². The standard InChI is InChI=1S/C17H22N4O2/c1-5-14(15-6-3-9-23-15)21(7-1)17-10-16(18-12-19-17)20-13-4-2-8-22-11-13/h3,6,9-10,12-14H,1-2,4-5,7-8,11H2,(H,18,19,20)/t13-,14+/m1/s1. The van der Waals surface area contributed by atoms with Gasteiger partial charge in [-0.15, -0.1) is 0 Å². The molecule has 0 unspecified atom stereocenters. The lowest BCUT2D eigenvalue weighted by Gasteiger charge is -2.26. The van der Waals surface area contributed by atoms with E-state index in [0.717, 1.165) is 62.8 Å². The van der Waals surface area contributed by atoms with Gasteiger partial charge in [0.1, 0.15) is 23.7 Å². The van der Waals surface area contributed by atoms with Gasteiger partial charge in [-0.25, -0.2) is 9.97 Å². The highest BCUT2D eigenvalue weighted by Crippen LogP contribution is 2.35. The van der Waals surface area contributed by atoms with E-state index in [1.54, 1.807) is 12.6 Å². The third-order valence-electron chi connectivity index (χ3n) is 4.58. The van der Waals surface area contributed by atoms with Gasteiger partial charge in [0, 0.05) is 19.2 Å². The minimum Gasteiger partial charge on any atom is -0.467 e. The Bertz CT molecular complexity index is 625. The molecule has 0 aromatic carbocycles. The number of hydrogen-bond acceptors (Lipinski definition) is 6. The van der Waals surface area contributed by atoms with Crippen LogP contribution in [0.25, 0.3) is 0 Å². The average Bonchev–Trinajstić information content (AvgIpc) is 3.27. The van der Waals surface area contributed by atoms with Crippen molar-refractivity contribution in [1.29, 1.82) is 0 Å². The van der Waals surface area contributed by atoms with Crippen molar-refractivity contribution in [3.63, 3.8) is 0 Å². The van der Waals surface area contributed by atoms with Crippen molar-refractivity contribution in [3.05, 3.63) is 36.5 Å². The molecule has 2 aliphatic rings. The van der Waals surface area contributed by atoms with Crippen molar-refractivity contribution in [2.45, 2.75) is 37.8 Å². The van der Waals surface area contributed by atoms with E-state index in [-0.39, 0.29) is 6.04 Å². The summed E-state index contributed by atoms with van der Waals surface area (Å²) in [5.41, 5.74) is 0. The minimum absolute atomic E-state index is 0.269. The van der Waals surface area contributed by atoms with Crippen molar-refractivity contribution >= 4 is 11.6 Å². The Morgan fingerprint density at radius 2 is 2.22 bits per heavy atom. The van der Waals surface area contributed by atoms with Crippen LogP contribution < -0.4 is 10.2 Å². The maximum atomic E-state index is 5.60. The van der Waals surface area contributed by atoms with Crippen LogP contribution in [-0.4, -0.2) is 35.8 Å². The molecule has 122 valence electrons. The van der Waals surface area contributed by atoms with E-state index in [4.69, 9.17) is 9.15 Å². The maximum Gasteiger partial charge on any atom is 0.134 e. The second-order valence-electron chi connectivity index (χ2n) is 6.19. The van der Waals surface area contributed by atoms with Gasteiger partial charge in [0.05, 0.1) is 25.0 Å². The van der Waals surface area contributed by atoms with Crippen LogP contribution in [-0.2, 0) is 4.74 Å². The fraction of sp³-hybridized carbons (Fsp3) is 0.529. The van der Waals surface area contributed by atoms with Gasteiger partial charge >= 0.3 is 0 Å². The van der Waals surface area contributed by atoms with Crippen LogP contribution in [0.5, 0.6) is 0 Å². The molecule has 0 radical (unpaired) electrons. The molecule has 2 atom stereocenters. The van der Waals surface area contributed by atoms with Crippen LogP contribution in [0.15, 0.2) is 35.2 Å². The smallest absolute Gasteiger partial charge is 0.134 e. The SMILES string of the molecule is c1coc([C@@H]2CCCN2c2cc(N[C@@H]3CCCOC3)ncn2)c1. The normalized spacial score (nSPS) is 24.8. The number of anilines is 2. The van der Waals surface area contributed by atoms with E-state index in [9.17, 15) is 0 Å². The first kappa shape index (κ1) is 14.5. The lowest BCUT2D eigenvalue weighted by Crippen LogP contribution is -2.30. The van der Waals surface area contributed by atoms with Crippen molar-refractivity contribution in [3.8, 4) is 0 Å². The molecule has 23 heavy (non-hydrogen) atoms. The molecule has 1 N–H and O–H groups in total. The number of rotatable bonds is 4. The Morgan fingerprint density at radius 1 is 1.22 bits per heavy atom. The van der Waals surface area contributed by atoms with Gasteiger partial charge in [0.15, 0.2) is 0 Å². The lowest BCUT2D eigenvalue weighted by molar-refractivity contribution is 0.0875. The summed E-state index contributed by atoms with van der Waals surface area (Å²) in [7, 11) is 0. The summed E-state index contributed by atoms with van der Waals surface area (Å²) in [5, 5.41) is 3.47. The van der Waals surface area contributed by atoms with Crippen molar-refractivity contribution in [2.24, 2.45) is 0 Å². The number of aromatic nitrogens is 2. The maximum absolute atomic E-state index is 5.60. The molecule has 2 aromatic heterocycles. The van der Waals surface area contributed by atoms with Gasteiger partial charge in [-0.05, 0) is 37.8 Å². The largest absolute Gasteiger partial charge is 0.467 e. The molecule has 4 rings (SSSR count). The van der Waals surface area contributed by atoms with Crippen LogP contribution in [0.4, 0.5) is 11.6 Å². The first-order valence-corrected chi connectivity index (χ1v) is 8.36. The summed E-state index contributed by atoms with van der Waals surface area (Å²) in [5.74, 6) is 2.84. The fourth-order valence-electron chi connectivity index (χ4n) is 3.46. The zero-order chi connectivity index (χ0) is 15.5. The molecule has 0 aliphatic carbocycles. The molecule has 6 heteroatoms. The summed E-state index contributed by atoms with van der Waals surface area (Å²) in [6, 6.07) is 6.64. The molecule has 0 saturated carbocycles. The second kappa shape index (κ2) is 6.58. The summed E-state index contributed by atoms with van der Waals surface area (Å²) in [6.07, 6.45) is 7.84. The number of furan rings is 1. The van der Waals surface area contributed by atoms with E-state index in [0.29, 0.717) is 6.04 Å². The van der Waals surface area contributed by atoms with Gasteiger partial charge in [-0.1, -0.05) is 0 Å². The quantitative estimate of drug-likeness (QED) is 0.936. The zero-order valence-corrected chi connectivity index (χ0v) is 13.1. The molecule has 0 spiro atoms. The summed E-state index contributed by atoms with van der Waals surface area (Å²) in [4.78, 5) is 11.1. The van der Waals surface area contributed by atoms with E-state index in [1.807, 2.05) is 18.2 Å². The molecular formula is C17H22N4O2. The Morgan fingerprint density at radius 3 is 3.04 bits per heavy atom. The predicted molar refractivity (Wildman–Crippen MR) is 87.5 cm³/mol. The molecule has 2 aromatic rings. The van der Waals surface area contributed by atoms with E-state index in [1.165, 1.54) is 0 Å². The first-order valence-electron chi connectivity index (χ1n) is 8.36. The zero-order valence-electron chi connectivity index (χ0n) is 13.1. The Kier molecular flexibility index (Phi) is 4.15. The second-order valence-corrected chi connectivity index (χ2v) is 6.19. The van der Waals surface area contributed by atoms with Crippen LogP contribution in [0.3, 0.4) is 0 Å². The molecule has 2 saturated heterocycles. The van der Waals surface area contributed by atoms with Gasteiger partial charge in [-0.2, -0.15) is 0 Å². The molecule has 6 nitrogen and oxygen atoms in total. The molecule has 0 bridgehead atoms. The highest BCUT2D eigenvalue weighted by Gasteiger charge is 2.29. The average molecular weight is 314 g/mol. The van der Waals surface area contributed by atoms with Gasteiger partial charge in [-0.3, -0.25) is 0 Å². The summed E-state index contributed by atoms with van der Waals surface area (Å²) < 4.78 is 11.1. The lowest BCUT2D eigenvalue weighted by atomic mass is 10.1. The van der Waals surface area contributed by atoms with Gasteiger partial charge < -0.3 is 19.4 Å². The Balaban J connectivity index is 1.51. The Hall–Kier alpha value is -2.08. The number of nitrogens with one attached hydrogen (secondary N) is 1. The van der Waals surface area contributed by atoms with Crippen LogP contribution in [0, 0.1) is 0 Å². The number of ether oxygens (including phenoxy) is 1. The summed E-state index contributed by atoms with van der Waals surface area (Å²) in [6.45, 7) is 2.61. The molecule has 0 amide bonds. The minimum atomic E-state index is 0.269. The van der Waals surface area contributed by atoms with Crippen molar-refractivity contribution in [1.82, 2.24) is 9.97 Å². The van der Waals surface area contributed by atoms with Crippen molar-refractivity contribution in [2.75, 3.05) is 30.0 Å². The van der Waals surface area contributed by atoms with Crippen molar-refractivity contribution < 1.29 is 9.15 Å². The summed E-state index contributed by atoms with van der Waals surface area (Å²) >= 11 is 0. The molecule has 4 heterocycles. The molecule has 2 aliphatic heterocycles. The number of hydrogen-bond donors (Lipinski definition) is 1. The third kappa shape index (κ3) is 3.17.